The number of benzene rings is 1. The number of ether oxygens (including phenoxy) is 1. The first-order chi connectivity index (χ1) is 10.5. The lowest BCUT2D eigenvalue weighted by Gasteiger charge is -2.26. The lowest BCUT2D eigenvalue weighted by atomic mass is 9.77. The van der Waals surface area contributed by atoms with Gasteiger partial charge in [-0.05, 0) is 33.6 Å². The molecular formula is C16H14BrNO4. The normalized spacial score (nSPS) is 38.9. The molecule has 1 aromatic carbocycles. The van der Waals surface area contributed by atoms with E-state index in [2.05, 4.69) is 15.9 Å². The summed E-state index contributed by atoms with van der Waals surface area (Å²) in [5, 5.41) is 9.71. The van der Waals surface area contributed by atoms with E-state index in [1.165, 1.54) is 4.90 Å². The van der Waals surface area contributed by atoms with Crippen molar-refractivity contribution in [2.45, 2.75) is 16.7 Å². The number of carbonyl (C=O) groups excluding carboxylic acids is 2. The first-order valence-electron chi connectivity index (χ1n) is 7.10. The van der Waals surface area contributed by atoms with E-state index in [0.29, 0.717) is 0 Å². The highest BCUT2D eigenvalue weighted by Crippen LogP contribution is 2.59. The van der Waals surface area contributed by atoms with Gasteiger partial charge < -0.3 is 9.84 Å². The second-order valence-electron chi connectivity index (χ2n) is 5.95. The average molecular weight is 364 g/mol. The summed E-state index contributed by atoms with van der Waals surface area (Å²) in [7, 11) is 0. The summed E-state index contributed by atoms with van der Waals surface area (Å²) in [6.45, 7) is -0.0771. The van der Waals surface area contributed by atoms with E-state index in [9.17, 15) is 14.7 Å². The average Bonchev–Trinajstić information content (AvgIpc) is 3.10. The molecule has 6 heteroatoms. The van der Waals surface area contributed by atoms with Gasteiger partial charge in [0.15, 0.2) is 4.51 Å². The standard InChI is InChI=1S/C16H14BrNO4/c17-16-7-6-15(9-19,22-16)11-12(16)14(21)18(13(11)20)8-10-4-2-1-3-5-10/h1-7,11-12,19H,8-9H2. The maximum atomic E-state index is 12.8. The lowest BCUT2D eigenvalue weighted by molar-refractivity contribution is -0.146. The van der Waals surface area contributed by atoms with Gasteiger partial charge in [-0.2, -0.15) is 0 Å². The Hall–Kier alpha value is -1.50. The molecule has 4 atom stereocenters. The van der Waals surface area contributed by atoms with Gasteiger partial charge in [0.2, 0.25) is 11.8 Å². The van der Waals surface area contributed by atoms with Crippen molar-refractivity contribution in [1.82, 2.24) is 4.90 Å². The van der Waals surface area contributed by atoms with Crippen LogP contribution in [0.25, 0.3) is 0 Å². The molecule has 2 bridgehead atoms. The number of likely N-dealkylation sites (tertiary alicyclic amines) is 1. The van der Waals surface area contributed by atoms with Crippen LogP contribution in [0.3, 0.4) is 0 Å². The number of halogens is 1. The molecule has 22 heavy (non-hydrogen) atoms. The van der Waals surface area contributed by atoms with Crippen LogP contribution in [0.15, 0.2) is 42.5 Å². The Morgan fingerprint density at radius 3 is 2.50 bits per heavy atom. The van der Waals surface area contributed by atoms with E-state index < -0.39 is 21.9 Å². The van der Waals surface area contributed by atoms with Crippen LogP contribution in [0.4, 0.5) is 0 Å². The summed E-state index contributed by atoms with van der Waals surface area (Å²) in [6, 6.07) is 9.39. The van der Waals surface area contributed by atoms with E-state index in [0.717, 1.165) is 5.56 Å². The Morgan fingerprint density at radius 1 is 1.14 bits per heavy atom. The molecule has 0 aliphatic carbocycles. The van der Waals surface area contributed by atoms with Crippen LogP contribution in [-0.4, -0.2) is 38.5 Å². The third kappa shape index (κ3) is 1.66. The van der Waals surface area contributed by atoms with Gasteiger partial charge in [-0.15, -0.1) is 0 Å². The van der Waals surface area contributed by atoms with Crippen LogP contribution in [-0.2, 0) is 20.9 Å². The number of carbonyl (C=O) groups is 2. The zero-order valence-electron chi connectivity index (χ0n) is 11.6. The van der Waals surface area contributed by atoms with E-state index in [1.807, 2.05) is 30.3 Å². The van der Waals surface area contributed by atoms with Gasteiger partial charge in [-0.25, -0.2) is 0 Å². The summed E-state index contributed by atoms with van der Waals surface area (Å²) in [4.78, 5) is 26.8. The van der Waals surface area contributed by atoms with Crippen LogP contribution in [0.2, 0.25) is 0 Å². The monoisotopic (exact) mass is 363 g/mol. The predicted octanol–water partition coefficient (Wildman–Crippen LogP) is 1.21. The van der Waals surface area contributed by atoms with Gasteiger partial charge in [-0.3, -0.25) is 14.5 Å². The van der Waals surface area contributed by atoms with E-state index in [-0.39, 0.29) is 25.0 Å². The van der Waals surface area contributed by atoms with Crippen molar-refractivity contribution in [2.24, 2.45) is 11.8 Å². The second kappa shape index (κ2) is 4.50. The van der Waals surface area contributed by atoms with Gasteiger partial charge in [-0.1, -0.05) is 30.3 Å². The Labute approximate surface area is 135 Å². The Balaban J connectivity index is 1.70. The molecule has 2 amide bonds. The topological polar surface area (TPSA) is 66.8 Å². The highest BCUT2D eigenvalue weighted by Gasteiger charge is 2.72. The summed E-state index contributed by atoms with van der Waals surface area (Å²) in [5.41, 5.74) is -0.195. The van der Waals surface area contributed by atoms with Gasteiger partial charge >= 0.3 is 0 Å². The molecule has 0 spiro atoms. The third-order valence-corrected chi connectivity index (χ3v) is 5.64. The number of amides is 2. The molecular weight excluding hydrogens is 350 g/mol. The van der Waals surface area contributed by atoms with Crippen molar-refractivity contribution in [2.75, 3.05) is 6.61 Å². The lowest BCUT2D eigenvalue weighted by Crippen LogP contribution is -2.43. The minimum atomic E-state index is -1.09. The summed E-state index contributed by atoms with van der Waals surface area (Å²) in [6.07, 6.45) is 3.42. The molecule has 3 aliphatic rings. The fraction of sp³-hybridized carbons (Fsp3) is 0.375. The molecule has 0 saturated carbocycles. The minimum absolute atomic E-state index is 0.246. The SMILES string of the molecule is O=C1C2C(C(=O)N1Cc1ccccc1)C1(CO)C=CC2(Br)O1. The predicted molar refractivity (Wildman–Crippen MR) is 80.7 cm³/mol. The van der Waals surface area contributed by atoms with Crippen LogP contribution < -0.4 is 0 Å². The zero-order valence-corrected chi connectivity index (χ0v) is 13.2. The van der Waals surface area contributed by atoms with Gasteiger partial charge in [0.25, 0.3) is 0 Å². The molecule has 114 valence electrons. The first-order valence-corrected chi connectivity index (χ1v) is 7.89. The number of rotatable bonds is 3. The van der Waals surface area contributed by atoms with E-state index in [1.54, 1.807) is 12.2 Å². The maximum absolute atomic E-state index is 12.8. The summed E-state index contributed by atoms with van der Waals surface area (Å²) in [5.74, 6) is -1.83. The molecule has 3 heterocycles. The van der Waals surface area contributed by atoms with Crippen molar-refractivity contribution in [3.63, 3.8) is 0 Å². The maximum Gasteiger partial charge on any atom is 0.237 e. The Morgan fingerprint density at radius 2 is 1.82 bits per heavy atom. The summed E-state index contributed by atoms with van der Waals surface area (Å²) >= 11 is 3.43. The van der Waals surface area contributed by atoms with Gasteiger partial charge in [0.05, 0.1) is 25.0 Å². The smallest absolute Gasteiger partial charge is 0.237 e. The highest BCUT2D eigenvalue weighted by atomic mass is 79.9. The number of hydrogen-bond acceptors (Lipinski definition) is 4. The van der Waals surface area contributed by atoms with Crippen molar-refractivity contribution >= 4 is 27.7 Å². The minimum Gasteiger partial charge on any atom is -0.393 e. The van der Waals surface area contributed by atoms with Crippen molar-refractivity contribution in [1.29, 1.82) is 0 Å². The number of imide groups is 1. The molecule has 3 aliphatic heterocycles. The van der Waals surface area contributed by atoms with Crippen LogP contribution in [0, 0.1) is 11.8 Å². The summed E-state index contributed by atoms with van der Waals surface area (Å²) < 4.78 is 4.80. The molecule has 4 rings (SSSR count). The van der Waals surface area contributed by atoms with Crippen molar-refractivity contribution in [3.05, 3.63) is 48.0 Å². The molecule has 2 saturated heterocycles. The highest BCUT2D eigenvalue weighted by molar-refractivity contribution is 9.10. The Bertz CT molecular complexity index is 691. The number of hydrogen-bond donors (Lipinski definition) is 1. The molecule has 4 unspecified atom stereocenters. The second-order valence-corrected chi connectivity index (χ2v) is 7.19. The number of aliphatic hydroxyl groups is 1. The molecule has 2 fully saturated rings. The zero-order chi connectivity index (χ0) is 15.5. The molecule has 1 aromatic rings. The number of fused-ring (bicyclic) bond motifs is 5. The fourth-order valence-corrected chi connectivity index (χ4v) is 4.56. The fourth-order valence-electron chi connectivity index (χ4n) is 3.67. The van der Waals surface area contributed by atoms with Gasteiger partial charge in [0.1, 0.15) is 5.60 Å². The largest absolute Gasteiger partial charge is 0.393 e. The molecule has 1 N–H and O–H groups in total. The number of nitrogens with zero attached hydrogens (tertiary/aromatic N) is 1. The van der Waals surface area contributed by atoms with Crippen LogP contribution in [0.5, 0.6) is 0 Å². The first kappa shape index (κ1) is 14.1. The van der Waals surface area contributed by atoms with Crippen molar-refractivity contribution < 1.29 is 19.4 Å². The molecule has 5 nitrogen and oxygen atoms in total. The van der Waals surface area contributed by atoms with Gasteiger partial charge in [0, 0.05) is 0 Å². The third-order valence-electron chi connectivity index (χ3n) is 4.72. The Kier molecular flexibility index (Phi) is 2.89. The van der Waals surface area contributed by atoms with E-state index >= 15 is 0 Å². The molecule has 0 radical (unpaired) electrons. The van der Waals surface area contributed by atoms with Crippen molar-refractivity contribution in [3.8, 4) is 0 Å². The van der Waals surface area contributed by atoms with Crippen LogP contribution in [0.1, 0.15) is 5.56 Å². The quantitative estimate of drug-likeness (QED) is 0.498. The van der Waals surface area contributed by atoms with E-state index in [4.69, 9.17) is 4.74 Å². The molecule has 0 aromatic heterocycles. The number of aliphatic hydroxyl groups excluding tert-OH is 1. The number of alkyl halides is 1. The van der Waals surface area contributed by atoms with Crippen LogP contribution >= 0.6 is 15.9 Å².